The maximum absolute atomic E-state index is 13.3. The molecule has 448 valence electrons. The molecular formula is C59H72O20P4. The minimum Gasteiger partial charge on any atom is -0.478 e. The molecule has 0 aromatic heterocycles. The van der Waals surface area contributed by atoms with Crippen molar-refractivity contribution in [2.45, 2.75) is 80.1 Å². The van der Waals surface area contributed by atoms with Gasteiger partial charge in [-0.15, -0.1) is 0 Å². The van der Waals surface area contributed by atoms with Crippen molar-refractivity contribution in [1.82, 2.24) is 0 Å². The molecule has 0 aliphatic rings. The summed E-state index contributed by atoms with van der Waals surface area (Å²) in [6.45, 7) is 13.4. The number of rotatable bonds is 26. The van der Waals surface area contributed by atoms with Crippen LogP contribution >= 0.6 is 31.3 Å². The number of hydrogen-bond acceptors (Lipinski definition) is 15. The van der Waals surface area contributed by atoms with Gasteiger partial charge in [0.05, 0.1) is 30.9 Å². The molecule has 0 amide bonds. The number of para-hydroxylation sites is 3. The van der Waals surface area contributed by atoms with Gasteiger partial charge in [0.1, 0.15) is 34.5 Å². The van der Waals surface area contributed by atoms with Crippen molar-refractivity contribution in [3.63, 3.8) is 0 Å². The largest absolute Gasteiger partial charge is 0.647 e. The Hall–Kier alpha value is -7.04. The summed E-state index contributed by atoms with van der Waals surface area (Å²) in [7, 11) is -15.8. The Morgan fingerprint density at radius 3 is 0.747 bits per heavy atom. The highest BCUT2D eigenvalue weighted by atomic mass is 31.2. The molecule has 5 N–H and O–H groups in total. The molecule has 0 spiro atoms. The van der Waals surface area contributed by atoms with E-state index in [9.17, 15) is 23.3 Å². The molecule has 0 unspecified atom stereocenters. The zero-order chi connectivity index (χ0) is 61.2. The van der Waals surface area contributed by atoms with E-state index >= 15 is 0 Å². The van der Waals surface area contributed by atoms with Crippen molar-refractivity contribution in [3.05, 3.63) is 216 Å². The van der Waals surface area contributed by atoms with E-state index in [4.69, 9.17) is 70.2 Å². The Bertz CT molecular complexity index is 2840. The molecule has 0 saturated heterocycles. The molecule has 0 heterocycles. The first-order chi connectivity index (χ1) is 39.5. The zero-order valence-electron chi connectivity index (χ0n) is 46.9. The minimum atomic E-state index is -4.64. The Labute approximate surface area is 485 Å². The highest BCUT2D eigenvalue weighted by molar-refractivity contribution is 7.50. The van der Waals surface area contributed by atoms with Crippen LogP contribution in [-0.2, 0) is 31.8 Å². The molecule has 0 fully saturated rings. The quantitative estimate of drug-likeness (QED) is 0.0249. The van der Waals surface area contributed by atoms with Crippen LogP contribution in [0.1, 0.15) is 96.7 Å². The Morgan fingerprint density at radius 1 is 0.337 bits per heavy atom. The number of carbonyl (C=O) groups is 2. The molecule has 0 radical (unpaired) electrons. The summed E-state index contributed by atoms with van der Waals surface area (Å²) in [4.78, 5) is 42.5. The Balaban J connectivity index is 0.000000291. The number of carboxylic acids is 2. The van der Waals surface area contributed by atoms with E-state index in [2.05, 4.69) is 20.8 Å². The molecular weight excluding hydrogens is 1150 g/mol. The second-order valence-corrected chi connectivity index (χ2v) is 23.1. The minimum absolute atomic E-state index is 0.190. The number of aromatic carboxylic acids is 2. The van der Waals surface area contributed by atoms with Gasteiger partial charge in [0.25, 0.3) is 0 Å². The Morgan fingerprint density at radius 2 is 0.542 bits per heavy atom. The summed E-state index contributed by atoms with van der Waals surface area (Å²) in [5.41, 5.74) is 2.85. The van der Waals surface area contributed by atoms with Crippen molar-refractivity contribution in [2.24, 2.45) is 0 Å². The third-order valence-corrected chi connectivity index (χ3v) is 14.3. The SMILES string of the molecule is CCCCOP(=O)(OCCCC)OCCCC.Cc1ccc(OP(=O)(Oc2ccc(C)cc2)Oc2ccc(C)cc2)cc1.O=C(O)c1ccccc1C(=O)O.O=P(O)(O)O.O=P(Oc1ccccc1)(Oc1ccccc1)Oc1ccccc1. The van der Waals surface area contributed by atoms with Gasteiger partial charge in [-0.2, -0.15) is 9.13 Å². The third kappa shape index (κ3) is 30.7. The smallest absolute Gasteiger partial charge is 0.478 e. The molecule has 20 nitrogen and oxygen atoms in total. The number of benzene rings is 7. The van der Waals surface area contributed by atoms with Gasteiger partial charge in [-0.3, -0.25) is 13.6 Å². The topological polar surface area (TPSA) is 287 Å². The fraction of sp³-hybridized carbons (Fsp3) is 0.254. The van der Waals surface area contributed by atoms with E-state index in [0.717, 1.165) is 55.2 Å². The number of phosphoric acid groups is 4. The second-order valence-electron chi connectivity index (χ2n) is 17.5. The third-order valence-electron chi connectivity index (χ3n) is 10.2. The van der Waals surface area contributed by atoms with Gasteiger partial charge in [-0.1, -0.05) is 160 Å². The lowest BCUT2D eigenvalue weighted by atomic mass is 10.1. The second kappa shape index (κ2) is 37.2. The lowest BCUT2D eigenvalue weighted by molar-refractivity contribution is 0.0651. The predicted octanol–water partition coefficient (Wildman–Crippen LogP) is 16.3. The molecule has 24 heteroatoms. The highest BCUT2D eigenvalue weighted by Crippen LogP contribution is 2.52. The van der Waals surface area contributed by atoms with Crippen molar-refractivity contribution >= 4 is 43.2 Å². The number of carboxylic acid groups (broad SMARTS) is 2. The maximum Gasteiger partial charge on any atom is 0.647 e. The Kier molecular flexibility index (Phi) is 31.5. The highest BCUT2D eigenvalue weighted by Gasteiger charge is 2.34. The lowest BCUT2D eigenvalue weighted by Gasteiger charge is -2.19. The van der Waals surface area contributed by atoms with Crippen molar-refractivity contribution in [3.8, 4) is 34.5 Å². The number of unbranched alkanes of at least 4 members (excludes halogenated alkanes) is 3. The normalized spacial score (nSPS) is 11.0. The van der Waals surface area contributed by atoms with Gasteiger partial charge >= 0.3 is 43.2 Å². The van der Waals surface area contributed by atoms with E-state index in [-0.39, 0.29) is 11.1 Å². The van der Waals surface area contributed by atoms with Crippen LogP contribution in [0.2, 0.25) is 0 Å². The van der Waals surface area contributed by atoms with Gasteiger partial charge < -0.3 is 52.0 Å². The fourth-order valence-corrected chi connectivity index (χ4v) is 9.84. The molecule has 0 aliphatic heterocycles. The number of hydrogen-bond donors (Lipinski definition) is 5. The molecule has 0 bridgehead atoms. The molecule has 0 aliphatic carbocycles. The average Bonchev–Trinajstić information content (AvgIpc) is 3.62. The van der Waals surface area contributed by atoms with Crippen molar-refractivity contribution in [2.75, 3.05) is 19.8 Å². The van der Waals surface area contributed by atoms with Gasteiger partial charge in [-0.05, 0) is 125 Å². The summed E-state index contributed by atoms with van der Waals surface area (Å²) < 4.78 is 96.7. The van der Waals surface area contributed by atoms with E-state index in [1.807, 2.05) is 75.4 Å². The maximum atomic E-state index is 13.3. The summed E-state index contributed by atoms with van der Waals surface area (Å²) in [6, 6.07) is 53.5. The van der Waals surface area contributed by atoms with E-state index in [1.54, 1.807) is 109 Å². The molecule has 7 aromatic rings. The summed E-state index contributed by atoms with van der Waals surface area (Å²) in [6.07, 6.45) is 5.63. The summed E-state index contributed by atoms with van der Waals surface area (Å²) in [5, 5.41) is 17.1. The van der Waals surface area contributed by atoms with Crippen LogP contribution in [0.4, 0.5) is 0 Å². The van der Waals surface area contributed by atoms with Crippen molar-refractivity contribution < 1.29 is 93.5 Å². The monoisotopic (exact) mass is 1220 g/mol. The average molecular weight is 1230 g/mol. The van der Waals surface area contributed by atoms with Crippen LogP contribution in [0.5, 0.6) is 34.5 Å². The van der Waals surface area contributed by atoms with Crippen LogP contribution < -0.4 is 27.1 Å². The van der Waals surface area contributed by atoms with Gasteiger partial charge in [0.15, 0.2) is 0 Å². The van der Waals surface area contributed by atoms with E-state index < -0.39 is 43.2 Å². The molecule has 7 aromatic carbocycles. The number of aryl methyl sites for hydroxylation is 3. The first-order valence-electron chi connectivity index (χ1n) is 26.1. The van der Waals surface area contributed by atoms with E-state index in [0.29, 0.717) is 54.3 Å². The predicted molar refractivity (Wildman–Crippen MR) is 317 cm³/mol. The molecule has 83 heavy (non-hydrogen) atoms. The van der Waals surface area contributed by atoms with Gasteiger partial charge in [-0.25, -0.2) is 18.7 Å². The van der Waals surface area contributed by atoms with Crippen LogP contribution in [0.25, 0.3) is 0 Å². The number of phosphoric ester groups is 3. The zero-order valence-corrected chi connectivity index (χ0v) is 50.5. The van der Waals surface area contributed by atoms with E-state index in [1.165, 1.54) is 24.3 Å². The standard InChI is InChI=1S/C21H21O4P.C18H15O4P.C12H27O4P.C8H6O4.H3O4P/c1-16-4-10-19(11-5-16)23-26(22,24-20-12-6-17(2)7-13-20)25-21-14-8-18(3)9-15-21;19-23(20-16-10-4-1-5-11-16,21-17-12-6-2-7-13-17)22-18-14-8-3-9-15-18;1-4-7-10-14-17(13,15-11-8-5-2)16-12-9-6-3;9-7(10)5-3-1-2-4-6(5)8(11)12;1-5(2,3)4/h4-15H,1-3H3;1-15H;4-12H2,1-3H3;1-4H,(H,9,10)(H,11,12);(H3,1,2,3,4). The van der Waals surface area contributed by atoms with Gasteiger partial charge in [0.2, 0.25) is 0 Å². The summed E-state index contributed by atoms with van der Waals surface area (Å²) >= 11 is 0. The molecule has 7 rings (SSSR count). The first-order valence-corrected chi connectivity index (χ1v) is 32.0. The fourth-order valence-electron chi connectivity index (χ4n) is 6.06. The first kappa shape index (κ1) is 70.2. The van der Waals surface area contributed by atoms with Crippen LogP contribution in [-0.4, -0.2) is 56.7 Å². The van der Waals surface area contributed by atoms with Crippen LogP contribution in [0.15, 0.2) is 188 Å². The van der Waals surface area contributed by atoms with Gasteiger partial charge in [0, 0.05) is 0 Å². The summed E-state index contributed by atoms with van der Waals surface area (Å²) in [5.74, 6) is 0.00329. The van der Waals surface area contributed by atoms with Crippen LogP contribution in [0, 0.1) is 20.8 Å². The van der Waals surface area contributed by atoms with Crippen LogP contribution in [0.3, 0.4) is 0 Å². The van der Waals surface area contributed by atoms with Crippen molar-refractivity contribution in [1.29, 1.82) is 0 Å². The molecule has 0 atom stereocenters. The molecule has 0 saturated carbocycles. The lowest BCUT2D eigenvalue weighted by Crippen LogP contribution is -2.07.